The first-order chi connectivity index (χ1) is 9.22. The summed E-state index contributed by atoms with van der Waals surface area (Å²) < 4.78 is 5.75. The van der Waals surface area contributed by atoms with Crippen LogP contribution in [0.25, 0.3) is 0 Å². The third kappa shape index (κ3) is 2.69. The van der Waals surface area contributed by atoms with E-state index < -0.39 is 0 Å². The van der Waals surface area contributed by atoms with Crippen LogP contribution in [0.15, 0.2) is 36.4 Å². The Balaban J connectivity index is 1.72. The van der Waals surface area contributed by atoms with Crippen LogP contribution < -0.4 is 10.5 Å². The molecule has 0 radical (unpaired) electrons. The van der Waals surface area contributed by atoms with Gasteiger partial charge in [-0.2, -0.15) is 0 Å². The Morgan fingerprint density at radius 2 is 1.89 bits per heavy atom. The molecule has 1 aliphatic rings. The van der Waals surface area contributed by atoms with Gasteiger partial charge in [0.05, 0.1) is 5.69 Å². The van der Waals surface area contributed by atoms with E-state index >= 15 is 0 Å². The van der Waals surface area contributed by atoms with E-state index in [1.54, 1.807) is 12.1 Å². The Hall–Kier alpha value is -1.67. The maximum Gasteiger partial charge on any atom is 0.142 e. The van der Waals surface area contributed by atoms with Crippen LogP contribution in [-0.2, 0) is 19.4 Å². The van der Waals surface area contributed by atoms with Gasteiger partial charge in [0.15, 0.2) is 0 Å². The first kappa shape index (κ1) is 12.4. The van der Waals surface area contributed by atoms with E-state index in [0.717, 1.165) is 0 Å². The Bertz CT molecular complexity index is 610. The summed E-state index contributed by atoms with van der Waals surface area (Å²) >= 11 is 5.86. The van der Waals surface area contributed by atoms with Crippen molar-refractivity contribution in [1.29, 1.82) is 0 Å². The van der Waals surface area contributed by atoms with Crippen LogP contribution in [-0.4, -0.2) is 0 Å². The second-order valence-corrected chi connectivity index (χ2v) is 5.36. The number of ether oxygens (including phenoxy) is 1. The van der Waals surface area contributed by atoms with Gasteiger partial charge in [0.25, 0.3) is 0 Å². The maximum absolute atomic E-state index is 5.87. The third-order valence-corrected chi connectivity index (χ3v) is 3.76. The summed E-state index contributed by atoms with van der Waals surface area (Å²) in [4.78, 5) is 0. The molecule has 2 aromatic rings. The fourth-order valence-corrected chi connectivity index (χ4v) is 2.71. The zero-order chi connectivity index (χ0) is 13.2. The molecule has 98 valence electrons. The number of nitrogens with two attached hydrogens (primary N) is 1. The fraction of sp³-hybridized carbons (Fsp3) is 0.250. The molecule has 1 aliphatic carbocycles. The molecule has 2 nitrogen and oxygen atoms in total. The minimum atomic E-state index is 0.541. The molecular formula is C16H16ClNO. The molecule has 0 aromatic heterocycles. The highest BCUT2D eigenvalue weighted by molar-refractivity contribution is 6.30. The third-order valence-electron chi connectivity index (χ3n) is 3.53. The summed E-state index contributed by atoms with van der Waals surface area (Å²) in [5, 5.41) is 0.627. The van der Waals surface area contributed by atoms with Crippen LogP contribution in [0.3, 0.4) is 0 Å². The number of halogens is 1. The highest BCUT2D eigenvalue weighted by atomic mass is 35.5. The van der Waals surface area contributed by atoms with Crippen molar-refractivity contribution in [1.82, 2.24) is 0 Å². The van der Waals surface area contributed by atoms with Crippen molar-refractivity contribution in [3.63, 3.8) is 0 Å². The van der Waals surface area contributed by atoms with E-state index in [1.165, 1.54) is 36.0 Å². The molecule has 0 spiro atoms. The fourth-order valence-electron chi connectivity index (χ4n) is 2.53. The largest absolute Gasteiger partial charge is 0.487 e. The molecule has 0 unspecified atom stereocenters. The first-order valence-corrected chi connectivity index (χ1v) is 6.89. The normalized spacial score (nSPS) is 13.3. The molecule has 19 heavy (non-hydrogen) atoms. The van der Waals surface area contributed by atoms with Crippen LogP contribution in [0.2, 0.25) is 5.02 Å². The molecule has 2 N–H and O–H groups in total. The van der Waals surface area contributed by atoms with Crippen molar-refractivity contribution in [2.24, 2.45) is 0 Å². The predicted molar refractivity (Wildman–Crippen MR) is 78.7 cm³/mol. The number of benzene rings is 2. The number of anilines is 1. The number of hydrogen-bond donors (Lipinski definition) is 1. The van der Waals surface area contributed by atoms with Crippen molar-refractivity contribution < 1.29 is 4.74 Å². The Morgan fingerprint density at radius 3 is 2.74 bits per heavy atom. The average molecular weight is 274 g/mol. The van der Waals surface area contributed by atoms with Gasteiger partial charge in [-0.05, 0) is 54.2 Å². The van der Waals surface area contributed by atoms with Crippen LogP contribution in [0.5, 0.6) is 5.75 Å². The minimum Gasteiger partial charge on any atom is -0.487 e. The van der Waals surface area contributed by atoms with Crippen LogP contribution in [0.1, 0.15) is 23.1 Å². The molecule has 0 amide bonds. The van der Waals surface area contributed by atoms with E-state index in [0.29, 0.717) is 23.1 Å². The van der Waals surface area contributed by atoms with Gasteiger partial charge in [0.2, 0.25) is 0 Å². The number of nitrogen functional groups attached to an aromatic ring is 1. The number of aryl methyl sites for hydroxylation is 2. The van der Waals surface area contributed by atoms with E-state index in [-0.39, 0.29) is 0 Å². The van der Waals surface area contributed by atoms with Gasteiger partial charge in [-0.25, -0.2) is 0 Å². The van der Waals surface area contributed by atoms with E-state index in [1.807, 2.05) is 6.07 Å². The number of hydrogen-bond acceptors (Lipinski definition) is 2. The molecule has 2 aromatic carbocycles. The smallest absolute Gasteiger partial charge is 0.142 e. The van der Waals surface area contributed by atoms with Gasteiger partial charge in [-0.1, -0.05) is 29.8 Å². The second kappa shape index (κ2) is 5.14. The SMILES string of the molecule is Nc1cc(Cl)ccc1OCc1ccc2c(c1)CCC2. The lowest BCUT2D eigenvalue weighted by molar-refractivity contribution is 0.308. The Morgan fingerprint density at radius 1 is 1.05 bits per heavy atom. The van der Waals surface area contributed by atoms with Crippen molar-refractivity contribution in [2.75, 3.05) is 5.73 Å². The first-order valence-electron chi connectivity index (χ1n) is 6.51. The summed E-state index contributed by atoms with van der Waals surface area (Å²) in [6.07, 6.45) is 3.66. The quantitative estimate of drug-likeness (QED) is 0.858. The van der Waals surface area contributed by atoms with Gasteiger partial charge < -0.3 is 10.5 Å². The van der Waals surface area contributed by atoms with Crippen LogP contribution in [0.4, 0.5) is 5.69 Å². The lowest BCUT2D eigenvalue weighted by Crippen LogP contribution is -1.99. The number of fused-ring (bicyclic) bond motifs is 1. The molecule has 0 heterocycles. The lowest BCUT2D eigenvalue weighted by atomic mass is 10.1. The van der Waals surface area contributed by atoms with Crippen molar-refractivity contribution >= 4 is 17.3 Å². The second-order valence-electron chi connectivity index (χ2n) is 4.93. The molecule has 0 bridgehead atoms. The van der Waals surface area contributed by atoms with Gasteiger partial charge in [-0.15, -0.1) is 0 Å². The Labute approximate surface area is 118 Å². The van der Waals surface area contributed by atoms with Crippen molar-refractivity contribution in [3.05, 3.63) is 58.1 Å². The predicted octanol–water partition coefficient (Wildman–Crippen LogP) is 3.99. The van der Waals surface area contributed by atoms with Gasteiger partial charge in [0.1, 0.15) is 12.4 Å². The highest BCUT2D eigenvalue weighted by Crippen LogP contribution is 2.27. The molecule has 3 rings (SSSR count). The summed E-state index contributed by atoms with van der Waals surface area (Å²) in [6, 6.07) is 11.9. The summed E-state index contributed by atoms with van der Waals surface area (Å²) in [5.41, 5.74) is 10.6. The zero-order valence-corrected chi connectivity index (χ0v) is 11.4. The molecule has 0 atom stereocenters. The minimum absolute atomic E-state index is 0.541. The van der Waals surface area contributed by atoms with Crippen molar-refractivity contribution in [3.8, 4) is 5.75 Å². The van der Waals surface area contributed by atoms with Crippen molar-refractivity contribution in [2.45, 2.75) is 25.9 Å². The lowest BCUT2D eigenvalue weighted by Gasteiger charge is -2.10. The monoisotopic (exact) mass is 273 g/mol. The van der Waals surface area contributed by atoms with Gasteiger partial charge >= 0.3 is 0 Å². The van der Waals surface area contributed by atoms with Gasteiger partial charge in [0, 0.05) is 5.02 Å². The van der Waals surface area contributed by atoms with E-state index in [2.05, 4.69) is 18.2 Å². The molecule has 0 saturated carbocycles. The standard InChI is InChI=1S/C16H16ClNO/c17-14-6-7-16(15(18)9-14)19-10-11-4-5-12-2-1-3-13(12)8-11/h4-9H,1-3,10,18H2. The number of rotatable bonds is 3. The highest BCUT2D eigenvalue weighted by Gasteiger charge is 2.11. The summed E-state index contributed by atoms with van der Waals surface area (Å²) in [6.45, 7) is 0.541. The Kier molecular flexibility index (Phi) is 3.34. The topological polar surface area (TPSA) is 35.2 Å². The molecular weight excluding hydrogens is 258 g/mol. The maximum atomic E-state index is 5.87. The molecule has 0 saturated heterocycles. The molecule has 3 heteroatoms. The van der Waals surface area contributed by atoms with Crippen LogP contribution >= 0.6 is 11.6 Å². The molecule has 0 aliphatic heterocycles. The van der Waals surface area contributed by atoms with Gasteiger partial charge in [-0.3, -0.25) is 0 Å². The average Bonchev–Trinajstić information content (AvgIpc) is 2.85. The summed E-state index contributed by atoms with van der Waals surface area (Å²) in [5.74, 6) is 0.685. The van der Waals surface area contributed by atoms with E-state index in [4.69, 9.17) is 22.1 Å². The van der Waals surface area contributed by atoms with E-state index in [9.17, 15) is 0 Å². The van der Waals surface area contributed by atoms with Crippen LogP contribution in [0, 0.1) is 0 Å². The molecule has 0 fully saturated rings. The zero-order valence-electron chi connectivity index (χ0n) is 10.7. The summed E-state index contributed by atoms with van der Waals surface area (Å²) in [7, 11) is 0.